The largest absolute Gasteiger partial charge is 0.457 e. The van der Waals surface area contributed by atoms with Crippen molar-refractivity contribution in [1.29, 1.82) is 0 Å². The van der Waals surface area contributed by atoms with Crippen LogP contribution >= 0.6 is 0 Å². The second-order valence-electron chi connectivity index (χ2n) is 10.8. The van der Waals surface area contributed by atoms with Crippen LogP contribution in [-0.4, -0.2) is 57.6 Å². The third kappa shape index (κ3) is 7.10. The summed E-state index contributed by atoms with van der Waals surface area (Å²) in [7, 11) is 1.74. The summed E-state index contributed by atoms with van der Waals surface area (Å²) in [6.45, 7) is 0.293. The van der Waals surface area contributed by atoms with Gasteiger partial charge in [-0.25, -0.2) is 9.78 Å². The molecule has 3 amide bonds. The number of carbonyl (C=O) groups is 4. The van der Waals surface area contributed by atoms with E-state index >= 15 is 0 Å². The van der Waals surface area contributed by atoms with Crippen LogP contribution in [0.3, 0.4) is 0 Å². The molecule has 0 aliphatic heterocycles. The Morgan fingerprint density at radius 1 is 0.911 bits per heavy atom. The fourth-order valence-corrected chi connectivity index (χ4v) is 4.78. The number of benzene rings is 2. The van der Waals surface area contributed by atoms with E-state index in [2.05, 4.69) is 15.6 Å². The van der Waals surface area contributed by atoms with Gasteiger partial charge in [0, 0.05) is 37.6 Å². The molecule has 1 saturated carbocycles. The number of esters is 1. The number of carbonyl (C=O) groups excluding carboxylic acids is 4. The van der Waals surface area contributed by atoms with Gasteiger partial charge in [0.15, 0.2) is 5.76 Å². The van der Waals surface area contributed by atoms with E-state index in [4.69, 9.17) is 9.15 Å². The van der Waals surface area contributed by atoms with Crippen LogP contribution in [0.1, 0.15) is 55.4 Å². The van der Waals surface area contributed by atoms with E-state index < -0.39 is 11.9 Å². The van der Waals surface area contributed by atoms with Crippen molar-refractivity contribution < 1.29 is 28.3 Å². The van der Waals surface area contributed by atoms with E-state index in [-0.39, 0.29) is 49.0 Å². The average molecular weight is 606 g/mol. The fourth-order valence-electron chi connectivity index (χ4n) is 4.78. The molecule has 228 valence electrons. The Kier molecular flexibility index (Phi) is 8.41. The van der Waals surface area contributed by atoms with Gasteiger partial charge in [-0.15, -0.1) is 0 Å². The normalized spacial score (nSPS) is 12.5. The second kappa shape index (κ2) is 12.9. The van der Waals surface area contributed by atoms with E-state index in [1.54, 1.807) is 53.0 Å². The first kappa shape index (κ1) is 29.4. The Morgan fingerprint density at radius 2 is 1.71 bits per heavy atom. The van der Waals surface area contributed by atoms with Gasteiger partial charge in [0.1, 0.15) is 23.7 Å². The van der Waals surface area contributed by atoms with Gasteiger partial charge in [0.25, 0.3) is 11.8 Å². The molecule has 11 heteroatoms. The number of amides is 3. The zero-order valence-electron chi connectivity index (χ0n) is 24.6. The van der Waals surface area contributed by atoms with Crippen molar-refractivity contribution in [3.05, 3.63) is 119 Å². The Bertz CT molecular complexity index is 1870. The smallest absolute Gasteiger partial charge is 0.339 e. The molecule has 0 radical (unpaired) electrons. The maximum atomic E-state index is 12.9. The van der Waals surface area contributed by atoms with Crippen LogP contribution in [-0.2, 0) is 22.7 Å². The lowest BCUT2D eigenvalue weighted by Gasteiger charge is -2.16. The molecule has 0 atom stereocenters. The topological polar surface area (TPSA) is 135 Å². The number of hydrogen-bond donors (Lipinski definition) is 2. The van der Waals surface area contributed by atoms with Crippen LogP contribution in [0, 0.1) is 0 Å². The minimum atomic E-state index is -0.476. The lowest BCUT2D eigenvalue weighted by molar-refractivity contribution is -0.129. The summed E-state index contributed by atoms with van der Waals surface area (Å²) in [6.07, 6.45) is 5.13. The summed E-state index contributed by atoms with van der Waals surface area (Å²) in [5.74, 6) is -0.878. The fraction of sp³-hybridized carbons (Fsp3) is 0.206. The number of nitrogens with zero attached hydrogens (tertiary/aromatic N) is 3. The zero-order valence-corrected chi connectivity index (χ0v) is 24.6. The van der Waals surface area contributed by atoms with Crippen LogP contribution < -0.4 is 10.6 Å². The first-order valence-corrected chi connectivity index (χ1v) is 14.5. The highest BCUT2D eigenvalue weighted by Gasteiger charge is 2.29. The quantitative estimate of drug-likeness (QED) is 0.215. The van der Waals surface area contributed by atoms with Gasteiger partial charge in [0.2, 0.25) is 5.91 Å². The Morgan fingerprint density at radius 3 is 2.51 bits per heavy atom. The van der Waals surface area contributed by atoms with E-state index in [9.17, 15) is 19.2 Å². The molecule has 0 bridgehead atoms. The van der Waals surface area contributed by atoms with E-state index in [0.717, 1.165) is 29.5 Å². The lowest BCUT2D eigenvalue weighted by atomic mass is 10.1. The van der Waals surface area contributed by atoms with Crippen LogP contribution in [0.2, 0.25) is 0 Å². The van der Waals surface area contributed by atoms with Gasteiger partial charge < -0.3 is 29.1 Å². The molecule has 2 N–H and O–H groups in total. The standard InChI is InChI=1S/C34H31N5O6/c1-38(26-11-12-26)31(40)18-36-33(42)29-14-13-28(45-29)24-9-5-8-23(16-24)17-35-32(41)27-20-39-19-25(10-15-30(39)37-27)34(43)44-21-22-6-3-2-4-7-22/h2-10,13-16,19-20,26H,11-12,17-18,21H2,1H3,(H,35,41)(H,36,42). The van der Waals surface area contributed by atoms with Gasteiger partial charge in [-0.2, -0.15) is 0 Å². The first-order valence-electron chi connectivity index (χ1n) is 14.5. The predicted molar refractivity (Wildman–Crippen MR) is 164 cm³/mol. The molecular formula is C34H31N5O6. The highest BCUT2D eigenvalue weighted by Crippen LogP contribution is 2.25. The molecular weight excluding hydrogens is 574 g/mol. The number of nitrogens with one attached hydrogen (secondary N) is 2. The van der Waals surface area contributed by atoms with Crippen LogP contribution in [0.25, 0.3) is 17.0 Å². The van der Waals surface area contributed by atoms with Gasteiger partial charge in [-0.05, 0) is 54.3 Å². The Balaban J connectivity index is 1.04. The van der Waals surface area contributed by atoms with Crippen LogP contribution in [0.5, 0.6) is 0 Å². The van der Waals surface area contributed by atoms with Crippen LogP contribution in [0.4, 0.5) is 0 Å². The molecule has 3 heterocycles. The zero-order chi connectivity index (χ0) is 31.3. The number of ether oxygens (including phenoxy) is 1. The minimum absolute atomic E-state index is 0.0915. The maximum absolute atomic E-state index is 12.9. The highest BCUT2D eigenvalue weighted by molar-refractivity contribution is 5.95. The number of fused-ring (bicyclic) bond motifs is 1. The SMILES string of the molecule is CN(C(=O)CNC(=O)c1ccc(-c2cccc(CNC(=O)c3cn4cc(C(=O)OCc5ccccc5)ccc4n3)c2)o1)C1CC1. The molecule has 2 aromatic carbocycles. The molecule has 1 aliphatic carbocycles. The monoisotopic (exact) mass is 605 g/mol. The third-order valence-corrected chi connectivity index (χ3v) is 7.51. The molecule has 1 fully saturated rings. The summed E-state index contributed by atoms with van der Waals surface area (Å²) >= 11 is 0. The second-order valence-corrected chi connectivity index (χ2v) is 10.8. The molecule has 1 aliphatic rings. The third-order valence-electron chi connectivity index (χ3n) is 7.51. The molecule has 45 heavy (non-hydrogen) atoms. The van der Waals surface area contributed by atoms with Crippen molar-refractivity contribution in [1.82, 2.24) is 24.9 Å². The molecule has 3 aromatic heterocycles. The number of aromatic nitrogens is 2. The number of furan rings is 1. The summed E-state index contributed by atoms with van der Waals surface area (Å²) in [4.78, 5) is 56.2. The number of rotatable bonds is 11. The van der Waals surface area contributed by atoms with Crippen molar-refractivity contribution in [2.45, 2.75) is 32.0 Å². The lowest BCUT2D eigenvalue weighted by Crippen LogP contribution is -2.39. The summed E-state index contributed by atoms with van der Waals surface area (Å²) < 4.78 is 12.8. The van der Waals surface area contributed by atoms with E-state index in [1.807, 2.05) is 54.6 Å². The van der Waals surface area contributed by atoms with E-state index in [0.29, 0.717) is 17.0 Å². The Labute approximate surface area is 258 Å². The molecule has 0 unspecified atom stereocenters. The minimum Gasteiger partial charge on any atom is -0.457 e. The maximum Gasteiger partial charge on any atom is 0.339 e. The summed E-state index contributed by atoms with van der Waals surface area (Å²) in [5, 5.41) is 5.48. The van der Waals surface area contributed by atoms with Gasteiger partial charge in [0.05, 0.1) is 12.1 Å². The summed E-state index contributed by atoms with van der Waals surface area (Å²) in [6, 6.07) is 23.6. The van der Waals surface area contributed by atoms with Crippen molar-refractivity contribution in [3.63, 3.8) is 0 Å². The van der Waals surface area contributed by atoms with Crippen molar-refractivity contribution >= 4 is 29.3 Å². The van der Waals surface area contributed by atoms with Gasteiger partial charge >= 0.3 is 5.97 Å². The molecule has 0 saturated heterocycles. The van der Waals surface area contributed by atoms with Crippen molar-refractivity contribution in [3.8, 4) is 11.3 Å². The van der Waals surface area contributed by atoms with Gasteiger partial charge in [-0.1, -0.05) is 48.5 Å². The molecule has 5 aromatic rings. The summed E-state index contributed by atoms with van der Waals surface area (Å²) in [5.41, 5.74) is 3.47. The Hall–Kier alpha value is -5.71. The van der Waals surface area contributed by atoms with Crippen molar-refractivity contribution in [2.75, 3.05) is 13.6 Å². The number of likely N-dealkylation sites (N-methyl/N-ethyl adjacent to an activating group) is 1. The molecule has 0 spiro atoms. The molecule has 11 nitrogen and oxygen atoms in total. The predicted octanol–water partition coefficient (Wildman–Crippen LogP) is 4.23. The number of pyridine rings is 1. The number of imidazole rings is 1. The first-order chi connectivity index (χ1) is 21.8. The highest BCUT2D eigenvalue weighted by atomic mass is 16.5. The van der Waals surface area contributed by atoms with Crippen LogP contribution in [0.15, 0.2) is 95.7 Å². The van der Waals surface area contributed by atoms with E-state index in [1.165, 1.54) is 0 Å². The molecule has 6 rings (SSSR count). The average Bonchev–Trinajstić information content (AvgIpc) is 3.63. The van der Waals surface area contributed by atoms with Crippen molar-refractivity contribution in [2.24, 2.45) is 0 Å². The number of hydrogen-bond acceptors (Lipinski definition) is 7. The van der Waals surface area contributed by atoms with Gasteiger partial charge in [-0.3, -0.25) is 14.4 Å².